The second-order valence-electron chi connectivity index (χ2n) is 5.36. The lowest BCUT2D eigenvalue weighted by Gasteiger charge is -2.14. The van der Waals surface area contributed by atoms with E-state index in [0.717, 1.165) is 11.3 Å². The van der Waals surface area contributed by atoms with Crippen molar-refractivity contribution in [2.45, 2.75) is 38.1 Å². The summed E-state index contributed by atoms with van der Waals surface area (Å²) >= 11 is 1.46. The molecule has 2 rings (SSSR count). The fourth-order valence-electron chi connectivity index (χ4n) is 2.29. The predicted molar refractivity (Wildman–Crippen MR) is 92.1 cm³/mol. The third-order valence-corrected chi connectivity index (χ3v) is 5.66. The zero-order valence-corrected chi connectivity index (χ0v) is 14.9. The Labute approximate surface area is 140 Å². The summed E-state index contributed by atoms with van der Waals surface area (Å²) in [6, 6.07) is 7.87. The number of carbonyl (C=O) groups is 1. The Morgan fingerprint density at radius 2 is 2.04 bits per heavy atom. The average Bonchev–Trinajstić information content (AvgIpc) is 2.87. The summed E-state index contributed by atoms with van der Waals surface area (Å²) in [7, 11) is -3.76. The Morgan fingerprint density at radius 1 is 1.35 bits per heavy atom. The topological polar surface area (TPSA) is 89.3 Å². The molecule has 0 aliphatic heterocycles. The fourth-order valence-corrected chi connectivity index (χ4v) is 3.88. The van der Waals surface area contributed by atoms with Crippen LogP contribution < -0.4 is 10.5 Å². The van der Waals surface area contributed by atoms with Crippen molar-refractivity contribution >= 4 is 27.3 Å². The summed E-state index contributed by atoms with van der Waals surface area (Å²) in [4.78, 5) is 14.2. The number of carbonyl (C=O) groups excluding carboxylic acids is 1. The van der Waals surface area contributed by atoms with Gasteiger partial charge in [0.1, 0.15) is 0 Å². The van der Waals surface area contributed by atoms with Crippen molar-refractivity contribution in [1.29, 1.82) is 0 Å². The minimum absolute atomic E-state index is 0.0383. The normalized spacial score (nSPS) is 12.9. The molecule has 2 aromatic rings. The second-order valence-corrected chi connectivity index (χ2v) is 8.18. The third-order valence-electron chi connectivity index (χ3n) is 3.66. The minimum Gasteiger partial charge on any atom is -0.345 e. The van der Waals surface area contributed by atoms with E-state index in [1.54, 1.807) is 19.1 Å². The number of rotatable bonds is 5. The van der Waals surface area contributed by atoms with E-state index < -0.39 is 10.0 Å². The standard InChI is InChI=1S/C16H20N2O3S2/c1-4-12-9-15(22-11(12)3)16(19)18-10(2)13-6-5-7-14(8-13)23(17,20)21/h5-10H,4H2,1-3H3,(H,18,19)(H2,17,20,21). The van der Waals surface area contributed by atoms with Crippen molar-refractivity contribution in [3.05, 3.63) is 51.2 Å². The number of sulfonamides is 1. The molecule has 3 N–H and O–H groups in total. The molecule has 1 heterocycles. The highest BCUT2D eigenvalue weighted by atomic mass is 32.2. The number of nitrogens with one attached hydrogen (secondary N) is 1. The summed E-state index contributed by atoms with van der Waals surface area (Å²) < 4.78 is 22.8. The van der Waals surface area contributed by atoms with Gasteiger partial charge in [-0.2, -0.15) is 0 Å². The lowest BCUT2D eigenvalue weighted by Crippen LogP contribution is -2.26. The Morgan fingerprint density at radius 3 is 2.61 bits per heavy atom. The van der Waals surface area contributed by atoms with Crippen molar-refractivity contribution < 1.29 is 13.2 Å². The van der Waals surface area contributed by atoms with Crippen LogP contribution in [0.2, 0.25) is 0 Å². The lowest BCUT2D eigenvalue weighted by atomic mass is 10.1. The molecule has 0 fully saturated rings. The van der Waals surface area contributed by atoms with Gasteiger partial charge in [-0.3, -0.25) is 4.79 Å². The SMILES string of the molecule is CCc1cc(C(=O)NC(C)c2cccc(S(N)(=O)=O)c2)sc1C. The van der Waals surface area contributed by atoms with Crippen LogP contribution >= 0.6 is 11.3 Å². The molecule has 0 saturated heterocycles. The largest absolute Gasteiger partial charge is 0.345 e. The summed E-state index contributed by atoms with van der Waals surface area (Å²) in [6.07, 6.45) is 0.890. The van der Waals surface area contributed by atoms with Crippen LogP contribution in [0.3, 0.4) is 0 Å². The Balaban J connectivity index is 2.18. The monoisotopic (exact) mass is 352 g/mol. The second kappa shape index (κ2) is 6.82. The third kappa shape index (κ3) is 4.19. The molecule has 0 aliphatic carbocycles. The van der Waals surface area contributed by atoms with E-state index in [1.807, 2.05) is 13.0 Å². The molecule has 0 aliphatic rings. The number of aryl methyl sites for hydroxylation is 2. The maximum atomic E-state index is 12.3. The highest BCUT2D eigenvalue weighted by molar-refractivity contribution is 7.89. The summed E-state index contributed by atoms with van der Waals surface area (Å²) in [6.45, 7) is 5.86. The van der Waals surface area contributed by atoms with Crippen LogP contribution in [0.1, 0.15) is 45.6 Å². The van der Waals surface area contributed by atoms with Gasteiger partial charge >= 0.3 is 0 Å². The van der Waals surface area contributed by atoms with E-state index in [4.69, 9.17) is 5.14 Å². The molecular weight excluding hydrogens is 332 g/mol. The highest BCUT2D eigenvalue weighted by Gasteiger charge is 2.16. The zero-order valence-electron chi connectivity index (χ0n) is 13.3. The van der Waals surface area contributed by atoms with Crippen LogP contribution in [-0.2, 0) is 16.4 Å². The van der Waals surface area contributed by atoms with Gasteiger partial charge in [-0.05, 0) is 49.6 Å². The Bertz CT molecular complexity index is 826. The van der Waals surface area contributed by atoms with E-state index >= 15 is 0 Å². The molecule has 1 aromatic carbocycles. The average molecular weight is 352 g/mol. The molecule has 1 aromatic heterocycles. The van der Waals surface area contributed by atoms with E-state index in [0.29, 0.717) is 10.4 Å². The summed E-state index contributed by atoms with van der Waals surface area (Å²) in [5.74, 6) is -0.161. The number of benzene rings is 1. The molecule has 124 valence electrons. The van der Waals surface area contributed by atoms with E-state index in [2.05, 4.69) is 12.2 Å². The van der Waals surface area contributed by atoms with Crippen molar-refractivity contribution in [1.82, 2.24) is 5.32 Å². The molecular formula is C16H20N2O3S2. The molecule has 0 saturated carbocycles. The van der Waals surface area contributed by atoms with E-state index in [1.165, 1.54) is 29.0 Å². The first-order valence-corrected chi connectivity index (χ1v) is 9.61. The number of hydrogen-bond acceptors (Lipinski definition) is 4. The smallest absolute Gasteiger partial charge is 0.261 e. The van der Waals surface area contributed by atoms with Gasteiger partial charge in [0, 0.05) is 4.88 Å². The Hall–Kier alpha value is -1.70. The molecule has 5 nitrogen and oxygen atoms in total. The van der Waals surface area contributed by atoms with Crippen molar-refractivity contribution in [2.75, 3.05) is 0 Å². The van der Waals surface area contributed by atoms with E-state index in [-0.39, 0.29) is 16.8 Å². The van der Waals surface area contributed by atoms with Gasteiger partial charge in [-0.1, -0.05) is 19.1 Å². The van der Waals surface area contributed by atoms with Gasteiger partial charge in [0.2, 0.25) is 10.0 Å². The summed E-state index contributed by atoms with van der Waals surface area (Å²) in [5, 5.41) is 8.03. The molecule has 7 heteroatoms. The van der Waals surface area contributed by atoms with Crippen LogP contribution in [0.4, 0.5) is 0 Å². The van der Waals surface area contributed by atoms with E-state index in [9.17, 15) is 13.2 Å². The maximum Gasteiger partial charge on any atom is 0.261 e. The van der Waals surface area contributed by atoms with Crippen LogP contribution in [0.5, 0.6) is 0 Å². The maximum absolute atomic E-state index is 12.3. The fraction of sp³-hybridized carbons (Fsp3) is 0.312. The van der Waals surface area contributed by atoms with Crippen LogP contribution in [-0.4, -0.2) is 14.3 Å². The number of hydrogen-bond donors (Lipinski definition) is 2. The number of amides is 1. The molecule has 1 atom stereocenters. The first-order chi connectivity index (χ1) is 10.7. The van der Waals surface area contributed by atoms with Crippen LogP contribution in [0, 0.1) is 6.92 Å². The van der Waals surface area contributed by atoms with Gasteiger partial charge < -0.3 is 5.32 Å². The van der Waals surface area contributed by atoms with Gasteiger partial charge in [0.25, 0.3) is 5.91 Å². The molecule has 1 unspecified atom stereocenters. The summed E-state index contributed by atoms with van der Waals surface area (Å²) in [5.41, 5.74) is 1.86. The Kier molecular flexibility index (Phi) is 5.23. The van der Waals surface area contributed by atoms with Crippen molar-refractivity contribution in [3.63, 3.8) is 0 Å². The molecule has 23 heavy (non-hydrogen) atoms. The molecule has 0 spiro atoms. The van der Waals surface area contributed by atoms with Crippen LogP contribution in [0.15, 0.2) is 35.2 Å². The van der Waals surface area contributed by atoms with Gasteiger partial charge in [-0.25, -0.2) is 13.6 Å². The number of thiophene rings is 1. The lowest BCUT2D eigenvalue weighted by molar-refractivity contribution is 0.0944. The van der Waals surface area contributed by atoms with Crippen molar-refractivity contribution in [3.8, 4) is 0 Å². The van der Waals surface area contributed by atoms with Crippen LogP contribution in [0.25, 0.3) is 0 Å². The minimum atomic E-state index is -3.76. The molecule has 0 radical (unpaired) electrons. The zero-order chi connectivity index (χ0) is 17.2. The van der Waals surface area contributed by atoms with Gasteiger partial charge in [0.15, 0.2) is 0 Å². The predicted octanol–water partition coefficient (Wildman–Crippen LogP) is 2.76. The highest BCUT2D eigenvalue weighted by Crippen LogP contribution is 2.23. The van der Waals surface area contributed by atoms with Crippen molar-refractivity contribution in [2.24, 2.45) is 5.14 Å². The van der Waals surface area contributed by atoms with Gasteiger partial charge in [-0.15, -0.1) is 11.3 Å². The molecule has 0 bridgehead atoms. The first-order valence-electron chi connectivity index (χ1n) is 7.25. The first kappa shape index (κ1) is 17.7. The quantitative estimate of drug-likeness (QED) is 0.867. The van der Waals surface area contributed by atoms with Gasteiger partial charge in [0.05, 0.1) is 15.8 Å². The molecule has 1 amide bonds. The number of primary sulfonamides is 1. The number of nitrogens with two attached hydrogens (primary N) is 1.